The second kappa shape index (κ2) is 11.4. The molecule has 0 spiro atoms. The molecule has 38 heavy (non-hydrogen) atoms. The molecule has 0 saturated heterocycles. The Hall–Kier alpha value is -3.07. The molecule has 1 saturated carbocycles. The first-order valence-corrected chi connectivity index (χ1v) is 13.2. The molecule has 1 N–H and O–H groups in total. The number of aryl methyl sites for hydroxylation is 1. The van der Waals surface area contributed by atoms with Gasteiger partial charge in [-0.25, -0.2) is 0 Å². The van der Waals surface area contributed by atoms with Crippen molar-refractivity contribution in [2.45, 2.75) is 83.5 Å². The van der Waals surface area contributed by atoms with Gasteiger partial charge in [-0.15, -0.1) is 0 Å². The average molecular weight is 549 g/mol. The molecule has 0 aliphatic heterocycles. The third-order valence-corrected chi connectivity index (χ3v) is 7.02. The van der Waals surface area contributed by atoms with Gasteiger partial charge in [-0.2, -0.15) is 8.78 Å². The number of hydrogen-bond donors (Lipinski definition) is 1. The lowest BCUT2D eigenvalue weighted by Crippen LogP contribution is -2.15. The Balaban J connectivity index is 1.62. The van der Waals surface area contributed by atoms with E-state index in [1.807, 2.05) is 19.1 Å². The molecule has 0 unspecified atom stereocenters. The maximum atomic E-state index is 14.6. The molecular weight excluding hydrogens is 518 g/mol. The number of alkyl halides is 2. The number of carbonyl (C=O) groups excluding carboxylic acids is 1. The minimum Gasteiger partial charge on any atom is -0.481 e. The van der Waals surface area contributed by atoms with Crippen molar-refractivity contribution in [3.63, 3.8) is 0 Å². The van der Waals surface area contributed by atoms with Crippen LogP contribution in [0.4, 0.5) is 8.78 Å². The summed E-state index contributed by atoms with van der Waals surface area (Å²) in [4.78, 5) is 24.5. The van der Waals surface area contributed by atoms with Crippen molar-refractivity contribution in [1.29, 1.82) is 0 Å². The zero-order valence-corrected chi connectivity index (χ0v) is 22.4. The molecule has 0 radical (unpaired) electrons. The number of nitrogens with zero attached hydrogens (tertiary/aromatic N) is 2. The molecule has 0 bridgehead atoms. The Labute approximate surface area is 224 Å². The second-order valence-electron chi connectivity index (χ2n) is 10.6. The number of carboxylic acids is 1. The van der Waals surface area contributed by atoms with Crippen molar-refractivity contribution in [1.82, 2.24) is 10.3 Å². The normalized spacial score (nSPS) is 14.7. The lowest BCUT2D eigenvalue weighted by molar-refractivity contribution is -0.137. The van der Waals surface area contributed by atoms with Crippen LogP contribution in [0.3, 0.4) is 0 Å². The summed E-state index contributed by atoms with van der Waals surface area (Å²) in [6.45, 7) is 5.30. The Morgan fingerprint density at radius 3 is 2.55 bits per heavy atom. The summed E-state index contributed by atoms with van der Waals surface area (Å²) in [5.74, 6) is -5.32. The number of aliphatic carboxylic acids is 1. The summed E-state index contributed by atoms with van der Waals surface area (Å²) in [6, 6.07) is 6.65. The first kappa shape index (κ1) is 28.0. The van der Waals surface area contributed by atoms with Crippen LogP contribution in [0.25, 0.3) is 11.5 Å². The minimum atomic E-state index is -3.18. The quantitative estimate of drug-likeness (QED) is 0.236. The van der Waals surface area contributed by atoms with Gasteiger partial charge in [-0.05, 0) is 55.2 Å². The van der Waals surface area contributed by atoms with Crippen molar-refractivity contribution in [2.24, 2.45) is 5.92 Å². The topological polar surface area (TPSA) is 106 Å². The van der Waals surface area contributed by atoms with Crippen molar-refractivity contribution in [3.8, 4) is 11.5 Å². The second-order valence-corrected chi connectivity index (χ2v) is 11.0. The molecule has 1 fully saturated rings. The van der Waals surface area contributed by atoms with Crippen molar-refractivity contribution in [3.05, 3.63) is 57.4 Å². The summed E-state index contributed by atoms with van der Waals surface area (Å²) in [5.41, 5.74) is 2.95. The van der Waals surface area contributed by atoms with Crippen LogP contribution in [0, 0.1) is 12.8 Å². The number of aromatic nitrogens is 2. The highest BCUT2D eigenvalue weighted by atomic mass is 35.5. The number of benzene rings is 1. The minimum absolute atomic E-state index is 0.0414. The zero-order chi connectivity index (χ0) is 27.6. The van der Waals surface area contributed by atoms with Gasteiger partial charge in [0, 0.05) is 48.3 Å². The van der Waals surface area contributed by atoms with Crippen LogP contribution in [-0.2, 0) is 21.9 Å². The Morgan fingerprint density at radius 1 is 1.18 bits per heavy atom. The standard InChI is InChI=1S/C28H31ClF2N2O5/c1-15(2)14-28(30,31)23-13-22(32-37-23)27-25(17-6-7-17)26(33-38-27)19(8-9-24(35)36)12-20(34)11-18-5-4-16(3)10-21(18)29/h4-5,10,13,15,17,19H,6-9,11-12,14H2,1-3H3,(H,35,36)/t19-/m0/s1. The van der Waals surface area contributed by atoms with Gasteiger partial charge in [-0.1, -0.05) is 47.9 Å². The predicted octanol–water partition coefficient (Wildman–Crippen LogP) is 7.46. The zero-order valence-electron chi connectivity index (χ0n) is 21.6. The van der Waals surface area contributed by atoms with Gasteiger partial charge in [0.25, 0.3) is 0 Å². The summed E-state index contributed by atoms with van der Waals surface area (Å²) in [5, 5.41) is 17.9. The van der Waals surface area contributed by atoms with Gasteiger partial charge in [-0.3, -0.25) is 9.59 Å². The van der Waals surface area contributed by atoms with Crippen molar-refractivity contribution >= 4 is 23.4 Å². The van der Waals surface area contributed by atoms with Crippen LogP contribution in [0.1, 0.15) is 92.4 Å². The van der Waals surface area contributed by atoms with E-state index in [-0.39, 0.29) is 61.2 Å². The largest absolute Gasteiger partial charge is 0.481 e. The Morgan fingerprint density at radius 2 is 1.92 bits per heavy atom. The molecule has 10 heteroatoms. The third-order valence-electron chi connectivity index (χ3n) is 6.67. The summed E-state index contributed by atoms with van der Waals surface area (Å²) in [6.07, 6.45) is 1.45. The van der Waals surface area contributed by atoms with E-state index in [1.165, 1.54) is 6.07 Å². The predicted molar refractivity (Wildman–Crippen MR) is 136 cm³/mol. The van der Waals surface area contributed by atoms with Crippen LogP contribution in [-0.4, -0.2) is 27.2 Å². The third kappa shape index (κ3) is 6.67. The average Bonchev–Trinajstić information content (AvgIpc) is 3.35. The van der Waals surface area contributed by atoms with Crippen LogP contribution >= 0.6 is 11.6 Å². The first-order valence-electron chi connectivity index (χ1n) is 12.8. The van der Waals surface area contributed by atoms with E-state index in [1.54, 1.807) is 19.9 Å². The fraction of sp³-hybridized carbons (Fsp3) is 0.500. The number of hydrogen-bond acceptors (Lipinski definition) is 6. The van der Waals surface area contributed by atoms with Crippen LogP contribution in [0.15, 0.2) is 33.3 Å². The first-order chi connectivity index (χ1) is 17.9. The number of carboxylic acid groups (broad SMARTS) is 1. The molecule has 0 amide bonds. The molecule has 1 aliphatic rings. The molecule has 1 atom stereocenters. The maximum absolute atomic E-state index is 14.6. The van der Waals surface area contributed by atoms with Gasteiger partial charge < -0.3 is 14.2 Å². The number of rotatable bonds is 13. The monoisotopic (exact) mass is 548 g/mol. The molecule has 2 heterocycles. The van der Waals surface area contributed by atoms with E-state index in [0.29, 0.717) is 21.8 Å². The molecule has 4 rings (SSSR count). The Bertz CT molecular complexity index is 1310. The van der Waals surface area contributed by atoms with Gasteiger partial charge in [0.1, 0.15) is 5.78 Å². The lowest BCUT2D eigenvalue weighted by atomic mass is 9.87. The lowest BCUT2D eigenvalue weighted by Gasteiger charge is -2.15. The van der Waals surface area contributed by atoms with E-state index >= 15 is 0 Å². The number of ketones is 1. The fourth-order valence-corrected chi connectivity index (χ4v) is 5.01. The van der Waals surface area contributed by atoms with E-state index in [0.717, 1.165) is 18.4 Å². The van der Waals surface area contributed by atoms with Crippen LogP contribution in [0.2, 0.25) is 5.02 Å². The van der Waals surface area contributed by atoms with Gasteiger partial charge in [0.05, 0.1) is 5.69 Å². The van der Waals surface area contributed by atoms with Crippen molar-refractivity contribution in [2.75, 3.05) is 0 Å². The summed E-state index contributed by atoms with van der Waals surface area (Å²) < 4.78 is 39.8. The molecule has 2 aromatic heterocycles. The van der Waals surface area contributed by atoms with Gasteiger partial charge in [0.2, 0.25) is 5.76 Å². The van der Waals surface area contributed by atoms with E-state index in [9.17, 15) is 23.5 Å². The van der Waals surface area contributed by atoms with Crippen LogP contribution < -0.4 is 0 Å². The van der Waals surface area contributed by atoms with E-state index in [4.69, 9.17) is 20.6 Å². The highest BCUT2D eigenvalue weighted by Crippen LogP contribution is 2.49. The van der Waals surface area contributed by atoms with Gasteiger partial charge >= 0.3 is 11.9 Å². The SMILES string of the molecule is Cc1ccc(CC(=O)C[C@H](CCC(=O)O)c2noc(-c3cc(C(F)(F)CC(C)C)on3)c2C2CC2)c(Cl)c1. The number of carbonyl (C=O) groups is 2. The smallest absolute Gasteiger partial charge is 0.307 e. The summed E-state index contributed by atoms with van der Waals surface area (Å²) in [7, 11) is 0. The molecular formula is C28H31ClF2N2O5. The van der Waals surface area contributed by atoms with E-state index in [2.05, 4.69) is 10.3 Å². The molecule has 7 nitrogen and oxygen atoms in total. The summed E-state index contributed by atoms with van der Waals surface area (Å²) >= 11 is 6.31. The maximum Gasteiger partial charge on any atom is 0.307 e. The molecule has 3 aromatic rings. The molecule has 204 valence electrons. The van der Waals surface area contributed by atoms with E-state index < -0.39 is 23.6 Å². The van der Waals surface area contributed by atoms with Gasteiger partial charge in [0.15, 0.2) is 11.5 Å². The number of halogens is 3. The highest BCUT2D eigenvalue weighted by Gasteiger charge is 2.40. The molecule has 1 aliphatic carbocycles. The van der Waals surface area contributed by atoms with Crippen molar-refractivity contribution < 1.29 is 32.5 Å². The molecule has 1 aromatic carbocycles. The fourth-order valence-electron chi connectivity index (χ4n) is 4.71. The van der Waals surface area contributed by atoms with Crippen LogP contribution in [0.5, 0.6) is 0 Å². The Kier molecular flexibility index (Phi) is 8.35. The highest BCUT2D eigenvalue weighted by molar-refractivity contribution is 6.31. The number of Topliss-reactive ketones (excluding diaryl/α,β-unsaturated/α-hetero) is 1.